The number of rotatable bonds is 8. The summed E-state index contributed by atoms with van der Waals surface area (Å²) in [6.07, 6.45) is 0.828. The highest BCUT2D eigenvalue weighted by molar-refractivity contribution is 7.54. The molecule has 1 aromatic rings. The number of allylic oxidation sites excluding steroid dienone is 1. The Hall–Kier alpha value is -0.930. The van der Waals surface area contributed by atoms with Crippen LogP contribution in [0.4, 0.5) is 0 Å². The number of hydrogen-bond donors (Lipinski definition) is 1. The van der Waals surface area contributed by atoms with Gasteiger partial charge in [-0.2, -0.15) is 0 Å². The van der Waals surface area contributed by atoms with Crippen LogP contribution in [0.1, 0.15) is 39.4 Å². The van der Waals surface area contributed by atoms with E-state index >= 15 is 0 Å². The first-order valence-corrected chi connectivity index (χ1v) is 8.82. The highest BCUT2D eigenvalue weighted by Gasteiger charge is 2.39. The van der Waals surface area contributed by atoms with Crippen molar-refractivity contribution in [3.05, 3.63) is 47.5 Å². The van der Waals surface area contributed by atoms with Crippen molar-refractivity contribution < 1.29 is 18.7 Å². The molecule has 0 unspecified atom stereocenters. The maximum Gasteiger partial charge on any atom is 0.340 e. The topological polar surface area (TPSA) is 55.8 Å². The second kappa shape index (κ2) is 8.50. The van der Waals surface area contributed by atoms with Gasteiger partial charge in [-0.1, -0.05) is 42.0 Å². The Kier molecular flexibility index (Phi) is 7.33. The Balaban J connectivity index is 3.21. The zero-order valence-corrected chi connectivity index (χ0v) is 14.0. The molecule has 21 heavy (non-hydrogen) atoms. The third-order valence-corrected chi connectivity index (χ3v) is 5.35. The van der Waals surface area contributed by atoms with Crippen LogP contribution in [-0.4, -0.2) is 24.0 Å². The molecule has 0 fully saturated rings. The first-order valence-electron chi connectivity index (χ1n) is 7.21. The summed E-state index contributed by atoms with van der Waals surface area (Å²) in [6.45, 7) is 7.86. The van der Waals surface area contributed by atoms with E-state index in [0.717, 1.165) is 5.57 Å². The van der Waals surface area contributed by atoms with Gasteiger partial charge >= 0.3 is 7.60 Å². The van der Waals surface area contributed by atoms with Crippen LogP contribution in [0.5, 0.6) is 0 Å². The molecule has 0 aliphatic carbocycles. The van der Waals surface area contributed by atoms with Crippen molar-refractivity contribution in [2.75, 3.05) is 13.2 Å². The Bertz CT molecular complexity index is 484. The van der Waals surface area contributed by atoms with Crippen LogP contribution in [0.3, 0.4) is 0 Å². The second-order valence-corrected chi connectivity index (χ2v) is 7.16. The fourth-order valence-corrected chi connectivity index (χ4v) is 4.25. The third kappa shape index (κ3) is 5.08. The van der Waals surface area contributed by atoms with Gasteiger partial charge in [0.25, 0.3) is 0 Å². The minimum Gasteiger partial charge on any atom is -0.387 e. The van der Waals surface area contributed by atoms with Crippen molar-refractivity contribution in [2.45, 2.75) is 39.5 Å². The summed E-state index contributed by atoms with van der Waals surface area (Å²) in [5.41, 5.74) is 0.930. The van der Waals surface area contributed by atoms with Crippen LogP contribution in [0.2, 0.25) is 0 Å². The average Bonchev–Trinajstić information content (AvgIpc) is 2.45. The van der Waals surface area contributed by atoms with E-state index in [9.17, 15) is 9.67 Å². The molecule has 0 radical (unpaired) electrons. The highest BCUT2D eigenvalue weighted by Crippen LogP contribution is 2.57. The monoisotopic (exact) mass is 312 g/mol. The predicted octanol–water partition coefficient (Wildman–Crippen LogP) is 4.32. The van der Waals surface area contributed by atoms with Crippen LogP contribution in [0, 0.1) is 0 Å². The van der Waals surface area contributed by atoms with Gasteiger partial charge in [0, 0.05) is 0 Å². The third-order valence-electron chi connectivity index (χ3n) is 2.95. The SMILES string of the molecule is CCOP(=O)(OCC)[C@@H](C=C(C)C)[C@H](O)c1ccccc1. The number of benzene rings is 1. The van der Waals surface area contributed by atoms with Gasteiger partial charge in [0.1, 0.15) is 5.66 Å². The van der Waals surface area contributed by atoms with Gasteiger partial charge in [0.05, 0.1) is 19.3 Å². The fourth-order valence-electron chi connectivity index (χ4n) is 2.11. The molecule has 1 rings (SSSR count). The van der Waals surface area contributed by atoms with Crippen molar-refractivity contribution >= 4 is 7.60 Å². The largest absolute Gasteiger partial charge is 0.387 e. The standard InChI is InChI=1S/C16H25O4P/c1-5-19-21(18,20-6-2)15(12-13(3)4)16(17)14-10-8-7-9-11-14/h7-12,15-17H,5-6H2,1-4H3/t15-,16+/m0/s1. The Morgan fingerprint density at radius 3 is 2.14 bits per heavy atom. The second-order valence-electron chi connectivity index (χ2n) is 4.97. The van der Waals surface area contributed by atoms with E-state index in [1.165, 1.54) is 0 Å². The van der Waals surface area contributed by atoms with E-state index in [-0.39, 0.29) is 13.2 Å². The molecule has 0 saturated heterocycles. The number of hydrogen-bond acceptors (Lipinski definition) is 4. The maximum atomic E-state index is 13.0. The molecule has 0 amide bonds. The molecule has 0 aromatic heterocycles. The number of aliphatic hydroxyl groups is 1. The van der Waals surface area contributed by atoms with Gasteiger partial charge in [-0.25, -0.2) is 0 Å². The summed E-state index contributed by atoms with van der Waals surface area (Å²) < 4.78 is 23.8. The molecule has 0 bridgehead atoms. The van der Waals surface area contributed by atoms with Crippen LogP contribution in [-0.2, 0) is 13.6 Å². The van der Waals surface area contributed by atoms with Crippen LogP contribution < -0.4 is 0 Å². The normalized spacial score (nSPS) is 14.5. The van der Waals surface area contributed by atoms with Gasteiger partial charge < -0.3 is 14.2 Å². The Morgan fingerprint density at radius 1 is 1.19 bits per heavy atom. The van der Waals surface area contributed by atoms with Gasteiger partial charge in [0.15, 0.2) is 0 Å². The zero-order valence-electron chi connectivity index (χ0n) is 13.2. The lowest BCUT2D eigenvalue weighted by molar-refractivity contribution is 0.151. The van der Waals surface area contributed by atoms with Gasteiger partial charge in [-0.3, -0.25) is 4.57 Å². The molecule has 2 atom stereocenters. The molecule has 0 spiro atoms. The predicted molar refractivity (Wildman–Crippen MR) is 85.5 cm³/mol. The van der Waals surface area contributed by atoms with Crippen molar-refractivity contribution in [3.8, 4) is 0 Å². The Labute approximate surface area is 127 Å². The van der Waals surface area contributed by atoms with Gasteiger partial charge in [0.2, 0.25) is 0 Å². The van der Waals surface area contributed by atoms with E-state index in [1.54, 1.807) is 32.1 Å². The van der Waals surface area contributed by atoms with Crippen LogP contribution in [0.25, 0.3) is 0 Å². The molecule has 1 N–H and O–H groups in total. The molecule has 0 saturated carbocycles. The summed E-state index contributed by atoms with van der Waals surface area (Å²) in [4.78, 5) is 0. The summed E-state index contributed by atoms with van der Waals surface area (Å²) in [7, 11) is -3.43. The minimum absolute atomic E-state index is 0.270. The van der Waals surface area contributed by atoms with Gasteiger partial charge in [-0.15, -0.1) is 0 Å². The van der Waals surface area contributed by atoms with E-state index in [4.69, 9.17) is 9.05 Å². The van der Waals surface area contributed by atoms with E-state index in [2.05, 4.69) is 0 Å². The highest BCUT2D eigenvalue weighted by atomic mass is 31.2. The minimum atomic E-state index is -3.43. The lowest BCUT2D eigenvalue weighted by Gasteiger charge is -2.28. The van der Waals surface area contributed by atoms with Crippen molar-refractivity contribution in [1.82, 2.24) is 0 Å². The summed E-state index contributed by atoms with van der Waals surface area (Å²) in [5.74, 6) is 0. The Morgan fingerprint density at radius 2 is 1.71 bits per heavy atom. The smallest absolute Gasteiger partial charge is 0.340 e. The van der Waals surface area contributed by atoms with Gasteiger partial charge in [-0.05, 0) is 33.3 Å². The molecular formula is C16H25O4P. The summed E-state index contributed by atoms with van der Waals surface area (Å²) in [6, 6.07) is 9.16. The first-order chi connectivity index (χ1) is 9.94. The lowest BCUT2D eigenvalue weighted by atomic mass is 10.1. The average molecular weight is 312 g/mol. The zero-order chi connectivity index (χ0) is 15.9. The fraction of sp³-hybridized carbons (Fsp3) is 0.500. The maximum absolute atomic E-state index is 13.0. The molecule has 0 heterocycles. The molecule has 0 aliphatic heterocycles. The van der Waals surface area contributed by atoms with Crippen molar-refractivity contribution in [3.63, 3.8) is 0 Å². The van der Waals surface area contributed by atoms with Crippen LogP contribution in [0.15, 0.2) is 42.0 Å². The van der Waals surface area contributed by atoms with E-state index < -0.39 is 19.4 Å². The molecule has 1 aromatic carbocycles. The van der Waals surface area contributed by atoms with Crippen molar-refractivity contribution in [2.24, 2.45) is 0 Å². The van der Waals surface area contributed by atoms with Crippen LogP contribution >= 0.6 is 7.60 Å². The lowest BCUT2D eigenvalue weighted by Crippen LogP contribution is -2.20. The molecule has 5 heteroatoms. The molecule has 118 valence electrons. The van der Waals surface area contributed by atoms with Crippen molar-refractivity contribution in [1.29, 1.82) is 0 Å². The number of aliphatic hydroxyl groups excluding tert-OH is 1. The summed E-state index contributed by atoms with van der Waals surface area (Å²) >= 11 is 0. The molecular weight excluding hydrogens is 287 g/mol. The summed E-state index contributed by atoms with van der Waals surface area (Å²) in [5, 5.41) is 10.6. The van der Waals surface area contributed by atoms with E-state index in [1.807, 2.05) is 32.0 Å². The molecule has 4 nitrogen and oxygen atoms in total. The van der Waals surface area contributed by atoms with E-state index in [0.29, 0.717) is 5.56 Å². The quantitative estimate of drug-likeness (QED) is 0.573. The first kappa shape index (κ1) is 18.1. The molecule has 0 aliphatic rings.